The second-order valence-corrected chi connectivity index (χ2v) is 5.82. The number of nitrogens with zero attached hydrogens (tertiary/aromatic N) is 1. The lowest BCUT2D eigenvalue weighted by Crippen LogP contribution is -2.27. The van der Waals surface area contributed by atoms with Crippen LogP contribution in [0.1, 0.15) is 23.2 Å². The first-order valence-corrected chi connectivity index (χ1v) is 7.95. The third-order valence-corrected chi connectivity index (χ3v) is 3.81. The van der Waals surface area contributed by atoms with E-state index < -0.39 is 6.10 Å². The van der Waals surface area contributed by atoms with E-state index in [1.165, 1.54) is 6.20 Å². The van der Waals surface area contributed by atoms with Gasteiger partial charge in [-0.3, -0.25) is 9.59 Å². The minimum Gasteiger partial charge on any atom is -0.368 e. The predicted molar refractivity (Wildman–Crippen MR) is 91.2 cm³/mol. The summed E-state index contributed by atoms with van der Waals surface area (Å²) >= 11 is 5.76. The average molecular weight is 346 g/mol. The average Bonchev–Trinajstić information content (AvgIpc) is 3.12. The molecule has 6 nitrogen and oxygen atoms in total. The van der Waals surface area contributed by atoms with Gasteiger partial charge in [0.25, 0.3) is 11.8 Å². The summed E-state index contributed by atoms with van der Waals surface area (Å²) in [7, 11) is 0. The van der Waals surface area contributed by atoms with Crippen LogP contribution in [0.15, 0.2) is 42.6 Å². The van der Waals surface area contributed by atoms with E-state index in [0.717, 1.165) is 6.42 Å². The van der Waals surface area contributed by atoms with E-state index in [4.69, 9.17) is 16.3 Å². The third kappa shape index (κ3) is 4.10. The summed E-state index contributed by atoms with van der Waals surface area (Å²) in [5.41, 5.74) is 0.962. The zero-order chi connectivity index (χ0) is 16.9. The van der Waals surface area contributed by atoms with Gasteiger partial charge in [-0.25, -0.2) is 4.98 Å². The van der Waals surface area contributed by atoms with Crippen molar-refractivity contribution >= 4 is 34.9 Å². The maximum Gasteiger partial charge on any atom is 0.256 e. The Hall–Kier alpha value is -2.44. The van der Waals surface area contributed by atoms with Gasteiger partial charge in [0, 0.05) is 24.1 Å². The van der Waals surface area contributed by atoms with Gasteiger partial charge in [-0.05, 0) is 43.2 Å². The van der Waals surface area contributed by atoms with Crippen molar-refractivity contribution < 1.29 is 14.3 Å². The summed E-state index contributed by atoms with van der Waals surface area (Å²) in [6, 6.07) is 9.95. The highest BCUT2D eigenvalue weighted by Crippen LogP contribution is 2.17. The van der Waals surface area contributed by atoms with E-state index in [1.54, 1.807) is 36.4 Å². The van der Waals surface area contributed by atoms with Gasteiger partial charge in [0.1, 0.15) is 11.9 Å². The Balaban J connectivity index is 1.66. The number of aromatic nitrogens is 1. The van der Waals surface area contributed by atoms with Gasteiger partial charge in [0.05, 0.1) is 5.02 Å². The summed E-state index contributed by atoms with van der Waals surface area (Å²) in [6.45, 7) is 0.606. The van der Waals surface area contributed by atoms with Crippen LogP contribution < -0.4 is 10.6 Å². The maximum atomic E-state index is 12.3. The molecule has 7 heteroatoms. The number of ether oxygens (including phenoxy) is 1. The lowest BCUT2D eigenvalue weighted by atomic mass is 10.1. The van der Waals surface area contributed by atoms with Crippen LogP contribution >= 0.6 is 11.6 Å². The highest BCUT2D eigenvalue weighted by molar-refractivity contribution is 6.30. The molecule has 1 aromatic carbocycles. The second-order valence-electron chi connectivity index (χ2n) is 5.39. The molecular weight excluding hydrogens is 330 g/mol. The monoisotopic (exact) mass is 345 g/mol. The number of rotatable bonds is 4. The van der Waals surface area contributed by atoms with E-state index >= 15 is 0 Å². The van der Waals surface area contributed by atoms with Gasteiger partial charge in [-0.1, -0.05) is 17.7 Å². The van der Waals surface area contributed by atoms with Crippen LogP contribution in [0, 0.1) is 0 Å². The molecule has 1 atom stereocenters. The molecular formula is C17H16ClN3O3. The van der Waals surface area contributed by atoms with Gasteiger partial charge in [-0.15, -0.1) is 0 Å². The van der Waals surface area contributed by atoms with Crippen molar-refractivity contribution in [2.75, 3.05) is 17.2 Å². The zero-order valence-electron chi connectivity index (χ0n) is 12.8. The standard InChI is InChI=1S/C17H16ClN3O3/c18-12-6-7-15(19-10-12)21-16(22)11-3-1-4-13(9-11)20-17(23)14-5-2-8-24-14/h1,3-4,6-7,9-10,14H,2,5,8H2,(H,20,23)(H,19,21,22). The van der Waals surface area contributed by atoms with Crippen LogP contribution in [-0.4, -0.2) is 29.5 Å². The fourth-order valence-electron chi connectivity index (χ4n) is 2.38. The van der Waals surface area contributed by atoms with E-state index in [9.17, 15) is 9.59 Å². The fourth-order valence-corrected chi connectivity index (χ4v) is 2.50. The summed E-state index contributed by atoms with van der Waals surface area (Å²) in [4.78, 5) is 28.3. The van der Waals surface area contributed by atoms with Gasteiger partial charge >= 0.3 is 0 Å². The minimum atomic E-state index is -0.416. The quantitative estimate of drug-likeness (QED) is 0.892. The Morgan fingerprint density at radius 3 is 2.79 bits per heavy atom. The molecule has 2 N–H and O–H groups in total. The molecule has 0 saturated carbocycles. The fraction of sp³-hybridized carbons (Fsp3) is 0.235. The number of carbonyl (C=O) groups is 2. The number of amides is 2. The zero-order valence-corrected chi connectivity index (χ0v) is 13.5. The van der Waals surface area contributed by atoms with Gasteiger partial charge < -0.3 is 15.4 Å². The summed E-state index contributed by atoms with van der Waals surface area (Å²) < 4.78 is 5.34. The summed E-state index contributed by atoms with van der Waals surface area (Å²) in [6.07, 6.45) is 2.64. The Bertz CT molecular complexity index is 743. The number of pyridine rings is 1. The van der Waals surface area contributed by atoms with Gasteiger partial charge in [0.2, 0.25) is 0 Å². The molecule has 0 bridgehead atoms. The molecule has 124 valence electrons. The molecule has 3 rings (SSSR count). The summed E-state index contributed by atoms with van der Waals surface area (Å²) in [5.74, 6) is -0.111. The molecule has 1 aliphatic rings. The normalized spacial score (nSPS) is 16.6. The van der Waals surface area contributed by atoms with Crippen LogP contribution in [0.25, 0.3) is 0 Å². The molecule has 2 amide bonds. The van der Waals surface area contributed by atoms with Crippen LogP contribution in [0.4, 0.5) is 11.5 Å². The van der Waals surface area contributed by atoms with E-state index in [0.29, 0.717) is 35.1 Å². The van der Waals surface area contributed by atoms with Crippen LogP contribution in [0.2, 0.25) is 5.02 Å². The molecule has 0 aliphatic carbocycles. The molecule has 1 saturated heterocycles. The highest BCUT2D eigenvalue weighted by atomic mass is 35.5. The molecule has 2 heterocycles. The predicted octanol–water partition coefficient (Wildman–Crippen LogP) is 3.10. The molecule has 24 heavy (non-hydrogen) atoms. The number of hydrogen-bond donors (Lipinski definition) is 2. The van der Waals surface area contributed by atoms with Crippen LogP contribution in [0.3, 0.4) is 0 Å². The number of halogens is 1. The smallest absolute Gasteiger partial charge is 0.256 e. The van der Waals surface area contributed by atoms with Crippen molar-refractivity contribution in [1.82, 2.24) is 4.98 Å². The third-order valence-electron chi connectivity index (χ3n) is 3.58. The lowest BCUT2D eigenvalue weighted by molar-refractivity contribution is -0.124. The van der Waals surface area contributed by atoms with Crippen molar-refractivity contribution in [3.8, 4) is 0 Å². The van der Waals surface area contributed by atoms with E-state index in [1.807, 2.05) is 0 Å². The van der Waals surface area contributed by atoms with Crippen molar-refractivity contribution in [2.24, 2.45) is 0 Å². The molecule has 1 aliphatic heterocycles. The van der Waals surface area contributed by atoms with Crippen molar-refractivity contribution in [3.63, 3.8) is 0 Å². The molecule has 0 spiro atoms. The Labute approximate surface area is 144 Å². The topological polar surface area (TPSA) is 80.3 Å². The van der Waals surface area contributed by atoms with Crippen molar-refractivity contribution in [2.45, 2.75) is 18.9 Å². The Morgan fingerprint density at radius 2 is 2.08 bits per heavy atom. The number of hydrogen-bond acceptors (Lipinski definition) is 4. The Kier molecular flexibility index (Phi) is 5.08. The SMILES string of the molecule is O=C(Nc1ccc(Cl)cn1)c1cccc(NC(=O)C2CCCO2)c1. The largest absolute Gasteiger partial charge is 0.368 e. The van der Waals surface area contributed by atoms with Crippen molar-refractivity contribution in [1.29, 1.82) is 0 Å². The molecule has 1 fully saturated rings. The van der Waals surface area contributed by atoms with Crippen LogP contribution in [0.5, 0.6) is 0 Å². The Morgan fingerprint density at radius 1 is 1.21 bits per heavy atom. The molecule has 1 aromatic heterocycles. The number of carbonyl (C=O) groups excluding carboxylic acids is 2. The molecule has 0 radical (unpaired) electrons. The first-order chi connectivity index (χ1) is 11.6. The number of anilines is 2. The first-order valence-electron chi connectivity index (χ1n) is 7.57. The number of benzene rings is 1. The second kappa shape index (κ2) is 7.42. The van der Waals surface area contributed by atoms with Gasteiger partial charge in [-0.2, -0.15) is 0 Å². The van der Waals surface area contributed by atoms with Crippen LogP contribution in [-0.2, 0) is 9.53 Å². The first kappa shape index (κ1) is 16.4. The van der Waals surface area contributed by atoms with Gasteiger partial charge in [0.15, 0.2) is 0 Å². The highest BCUT2D eigenvalue weighted by Gasteiger charge is 2.23. The summed E-state index contributed by atoms with van der Waals surface area (Å²) in [5, 5.41) is 5.94. The van der Waals surface area contributed by atoms with E-state index in [-0.39, 0.29) is 11.8 Å². The lowest BCUT2D eigenvalue weighted by Gasteiger charge is -2.11. The minimum absolute atomic E-state index is 0.190. The molecule has 1 unspecified atom stereocenters. The maximum absolute atomic E-state index is 12.3. The van der Waals surface area contributed by atoms with E-state index in [2.05, 4.69) is 15.6 Å². The molecule has 2 aromatic rings. The van der Waals surface area contributed by atoms with Crippen molar-refractivity contribution in [3.05, 3.63) is 53.2 Å². The number of nitrogens with one attached hydrogen (secondary N) is 2.